The number of hydrogen-bond donors (Lipinski definition) is 1. The summed E-state index contributed by atoms with van der Waals surface area (Å²) in [6, 6.07) is 1.81. The van der Waals surface area contributed by atoms with E-state index in [1.165, 1.54) is 6.20 Å². The average Bonchev–Trinajstić information content (AvgIpc) is 2.62. The molecule has 0 unspecified atom stereocenters. The van der Waals surface area contributed by atoms with E-state index >= 15 is 0 Å². The molecule has 0 amide bonds. The molecule has 16 heavy (non-hydrogen) atoms. The second-order valence-electron chi connectivity index (χ2n) is 4.72. The average molecular weight is 232 g/mol. The van der Waals surface area contributed by atoms with E-state index in [4.69, 9.17) is 0 Å². The van der Waals surface area contributed by atoms with Crippen LogP contribution in [0.25, 0.3) is 11.0 Å². The first-order valence-electron chi connectivity index (χ1n) is 5.12. The third-order valence-electron chi connectivity index (χ3n) is 2.10. The number of halogens is 1. The number of fused-ring (bicyclic) bond motifs is 1. The van der Waals surface area contributed by atoms with Crippen molar-refractivity contribution >= 4 is 19.1 Å². The van der Waals surface area contributed by atoms with Crippen molar-refractivity contribution in [2.75, 3.05) is 0 Å². The first-order chi connectivity index (χ1) is 7.47. The van der Waals surface area contributed by atoms with Gasteiger partial charge in [0.05, 0.1) is 11.8 Å². The fourth-order valence-electron chi connectivity index (χ4n) is 1.36. The molecule has 0 aliphatic rings. The van der Waals surface area contributed by atoms with Crippen LogP contribution in [0.1, 0.15) is 5.56 Å². The van der Waals surface area contributed by atoms with Gasteiger partial charge in [-0.15, -0.1) is 5.54 Å². The Balaban J connectivity index is 2.61. The second-order valence-corrected chi connectivity index (χ2v) is 9.47. The molecule has 2 rings (SSSR count). The number of pyridine rings is 1. The van der Waals surface area contributed by atoms with E-state index in [0.29, 0.717) is 11.2 Å². The number of aromatic nitrogens is 2. The second kappa shape index (κ2) is 3.76. The molecule has 0 saturated carbocycles. The summed E-state index contributed by atoms with van der Waals surface area (Å²) >= 11 is 0. The lowest BCUT2D eigenvalue weighted by atomic mass is 10.2. The van der Waals surface area contributed by atoms with E-state index in [-0.39, 0.29) is 5.82 Å². The van der Waals surface area contributed by atoms with Gasteiger partial charge in [0.25, 0.3) is 0 Å². The lowest BCUT2D eigenvalue weighted by molar-refractivity contribution is 0.621. The van der Waals surface area contributed by atoms with Gasteiger partial charge in [-0.25, -0.2) is 9.37 Å². The summed E-state index contributed by atoms with van der Waals surface area (Å²) in [5.41, 5.74) is 4.30. The minimum Gasteiger partial charge on any atom is -0.346 e. The molecule has 82 valence electrons. The van der Waals surface area contributed by atoms with Crippen molar-refractivity contribution in [3.8, 4) is 11.5 Å². The third kappa shape index (κ3) is 2.15. The molecule has 0 aliphatic heterocycles. The summed E-state index contributed by atoms with van der Waals surface area (Å²) in [5.74, 6) is 2.61. The summed E-state index contributed by atoms with van der Waals surface area (Å²) in [6.07, 6.45) is 2.96. The van der Waals surface area contributed by atoms with Crippen molar-refractivity contribution in [1.29, 1.82) is 0 Å². The zero-order valence-electron chi connectivity index (χ0n) is 9.56. The minimum atomic E-state index is -1.49. The Morgan fingerprint density at radius 2 is 2.12 bits per heavy atom. The van der Waals surface area contributed by atoms with Gasteiger partial charge in [0.1, 0.15) is 13.7 Å². The van der Waals surface area contributed by atoms with Crippen LogP contribution in [0.2, 0.25) is 19.6 Å². The van der Waals surface area contributed by atoms with Crippen LogP contribution in [0.5, 0.6) is 0 Å². The molecule has 0 bridgehead atoms. The Kier molecular flexibility index (Phi) is 2.56. The Hall–Kier alpha value is -1.60. The van der Waals surface area contributed by atoms with Gasteiger partial charge in [-0.3, -0.25) is 0 Å². The lowest BCUT2D eigenvalue weighted by Crippen LogP contribution is -2.16. The normalized spacial score (nSPS) is 11.2. The number of hydrogen-bond acceptors (Lipinski definition) is 1. The van der Waals surface area contributed by atoms with Crippen molar-refractivity contribution in [2.45, 2.75) is 19.6 Å². The predicted octanol–water partition coefficient (Wildman–Crippen LogP) is 2.93. The quantitative estimate of drug-likeness (QED) is 0.549. The summed E-state index contributed by atoms with van der Waals surface area (Å²) in [6.45, 7) is 6.40. The zero-order valence-corrected chi connectivity index (χ0v) is 10.6. The first kappa shape index (κ1) is 10.9. The molecule has 2 nitrogen and oxygen atoms in total. The highest BCUT2D eigenvalue weighted by Crippen LogP contribution is 2.17. The number of nitrogens with zero attached hydrogens (tertiary/aromatic N) is 1. The van der Waals surface area contributed by atoms with Crippen molar-refractivity contribution < 1.29 is 4.39 Å². The van der Waals surface area contributed by atoms with E-state index in [0.717, 1.165) is 5.39 Å². The number of H-pyrrole nitrogens is 1. The molecule has 4 heteroatoms. The van der Waals surface area contributed by atoms with E-state index in [1.807, 2.05) is 0 Å². The van der Waals surface area contributed by atoms with Gasteiger partial charge in [-0.1, -0.05) is 25.6 Å². The van der Waals surface area contributed by atoms with Crippen LogP contribution in [0, 0.1) is 17.3 Å². The number of nitrogens with one attached hydrogen (secondary N) is 1. The van der Waals surface area contributed by atoms with Gasteiger partial charge in [0, 0.05) is 11.6 Å². The summed E-state index contributed by atoms with van der Waals surface area (Å²) < 4.78 is 13.6. The first-order valence-corrected chi connectivity index (χ1v) is 8.62. The third-order valence-corrected chi connectivity index (χ3v) is 2.98. The highest BCUT2D eigenvalue weighted by atomic mass is 28.3. The molecule has 0 aromatic carbocycles. The summed E-state index contributed by atoms with van der Waals surface area (Å²) in [7, 11) is -1.49. The fraction of sp³-hybridized carbons (Fsp3) is 0.250. The molecule has 1 N–H and O–H groups in total. The maximum atomic E-state index is 13.6. The molecular weight excluding hydrogens is 219 g/mol. The molecule has 0 saturated heterocycles. The van der Waals surface area contributed by atoms with Gasteiger partial charge in [-0.2, -0.15) is 0 Å². The molecular formula is C12H13FN2Si. The molecule has 0 atom stereocenters. The van der Waals surface area contributed by atoms with Crippen LogP contribution in [0.4, 0.5) is 4.39 Å². The van der Waals surface area contributed by atoms with Crippen molar-refractivity contribution in [1.82, 2.24) is 9.97 Å². The van der Waals surface area contributed by atoms with Crippen molar-refractivity contribution in [2.24, 2.45) is 0 Å². The van der Waals surface area contributed by atoms with Crippen molar-refractivity contribution in [3.63, 3.8) is 0 Å². The van der Waals surface area contributed by atoms with Crippen molar-refractivity contribution in [3.05, 3.63) is 29.8 Å². The highest BCUT2D eigenvalue weighted by Gasteiger charge is 2.10. The van der Waals surface area contributed by atoms with Crippen LogP contribution >= 0.6 is 0 Å². The molecule has 2 aromatic rings. The van der Waals surface area contributed by atoms with E-state index in [2.05, 4.69) is 41.1 Å². The maximum Gasteiger partial charge on any atom is 0.157 e. The minimum absolute atomic E-state index is 0.349. The largest absolute Gasteiger partial charge is 0.346 e. The highest BCUT2D eigenvalue weighted by molar-refractivity contribution is 6.83. The van der Waals surface area contributed by atoms with Crippen LogP contribution in [-0.2, 0) is 0 Å². The fourth-order valence-corrected chi connectivity index (χ4v) is 1.86. The standard InChI is InChI=1S/C12H13FN2Si/c1-16(2,3)7-5-9-10-4-6-14-12(10)15-8-11(9)13/h4,6,8H,1-3H3,(H,14,15). The SMILES string of the molecule is C[Si](C)(C)C#Cc1c(F)cnc2[nH]ccc12. The monoisotopic (exact) mass is 232 g/mol. The molecule has 0 aliphatic carbocycles. The Morgan fingerprint density at radius 1 is 1.38 bits per heavy atom. The smallest absolute Gasteiger partial charge is 0.157 e. The number of rotatable bonds is 0. The van der Waals surface area contributed by atoms with Crippen LogP contribution < -0.4 is 0 Å². The Bertz CT molecular complexity index is 584. The Morgan fingerprint density at radius 3 is 2.81 bits per heavy atom. The molecule has 0 spiro atoms. The summed E-state index contributed by atoms with van der Waals surface area (Å²) in [5, 5.41) is 0.755. The Labute approximate surface area is 94.9 Å². The van der Waals surface area contributed by atoms with Crippen LogP contribution in [-0.4, -0.2) is 18.0 Å². The molecule has 2 aromatic heterocycles. The predicted molar refractivity (Wildman–Crippen MR) is 66.3 cm³/mol. The lowest BCUT2D eigenvalue weighted by Gasteiger charge is -2.04. The topological polar surface area (TPSA) is 28.7 Å². The van der Waals surface area contributed by atoms with E-state index in [1.54, 1.807) is 12.3 Å². The van der Waals surface area contributed by atoms with Gasteiger partial charge in [0.15, 0.2) is 5.82 Å². The van der Waals surface area contributed by atoms with Crippen LogP contribution in [0.15, 0.2) is 18.5 Å². The van der Waals surface area contributed by atoms with Gasteiger partial charge >= 0.3 is 0 Å². The molecule has 2 heterocycles. The summed E-state index contributed by atoms with van der Waals surface area (Å²) in [4.78, 5) is 6.91. The molecule has 0 fully saturated rings. The van der Waals surface area contributed by atoms with Gasteiger partial charge in [-0.05, 0) is 6.07 Å². The van der Waals surface area contributed by atoms with Gasteiger partial charge < -0.3 is 4.98 Å². The van der Waals surface area contributed by atoms with E-state index in [9.17, 15) is 4.39 Å². The van der Waals surface area contributed by atoms with Crippen LogP contribution in [0.3, 0.4) is 0 Å². The zero-order chi connectivity index (χ0) is 11.8. The molecule has 0 radical (unpaired) electrons. The maximum absolute atomic E-state index is 13.6. The number of aromatic amines is 1. The van der Waals surface area contributed by atoms with Gasteiger partial charge in [0.2, 0.25) is 0 Å². The van der Waals surface area contributed by atoms with E-state index < -0.39 is 8.07 Å².